The zero-order valence-corrected chi connectivity index (χ0v) is 11.4. The zero-order valence-electron chi connectivity index (χ0n) is 11.4. The molecular formula is C15H22N2O. The van der Waals surface area contributed by atoms with Gasteiger partial charge in [0.05, 0.1) is 0 Å². The number of likely N-dealkylation sites (tertiary alicyclic amines) is 1. The van der Waals surface area contributed by atoms with E-state index < -0.39 is 0 Å². The highest BCUT2D eigenvalue weighted by Gasteiger charge is 2.36. The van der Waals surface area contributed by atoms with Crippen LogP contribution in [0.2, 0.25) is 0 Å². The number of nitrogens with two attached hydrogens (primary N) is 1. The molecule has 3 heteroatoms. The average molecular weight is 246 g/mol. The minimum atomic E-state index is -0.0994. The Morgan fingerprint density at radius 1 is 1.33 bits per heavy atom. The topological polar surface area (TPSA) is 46.3 Å². The summed E-state index contributed by atoms with van der Waals surface area (Å²) in [6, 6.07) is 7.85. The number of carbonyl (C=O) groups is 1. The molecule has 0 aromatic heterocycles. The summed E-state index contributed by atoms with van der Waals surface area (Å²) >= 11 is 0. The lowest BCUT2D eigenvalue weighted by molar-refractivity contribution is 0.0395. The van der Waals surface area contributed by atoms with E-state index in [1.165, 1.54) is 5.56 Å². The molecule has 1 atom stereocenters. The van der Waals surface area contributed by atoms with Gasteiger partial charge in [0.25, 0.3) is 5.91 Å². The molecule has 1 fully saturated rings. The molecule has 0 saturated carbocycles. The lowest BCUT2D eigenvalue weighted by atomic mass is 9.87. The van der Waals surface area contributed by atoms with Crippen molar-refractivity contribution in [1.29, 1.82) is 0 Å². The van der Waals surface area contributed by atoms with Gasteiger partial charge in [0.15, 0.2) is 0 Å². The number of aryl methyl sites for hydroxylation is 1. The first-order valence-corrected chi connectivity index (χ1v) is 6.54. The van der Waals surface area contributed by atoms with Crippen LogP contribution in [-0.2, 0) is 0 Å². The molecule has 98 valence electrons. The summed E-state index contributed by atoms with van der Waals surface area (Å²) in [4.78, 5) is 14.5. The Morgan fingerprint density at radius 2 is 1.94 bits per heavy atom. The van der Waals surface area contributed by atoms with Crippen LogP contribution in [0.5, 0.6) is 0 Å². The Kier molecular flexibility index (Phi) is 3.44. The highest BCUT2D eigenvalue weighted by atomic mass is 16.2. The largest absolute Gasteiger partial charge is 0.332 e. The molecule has 1 unspecified atom stereocenters. The minimum absolute atomic E-state index is 0.0927. The molecule has 0 aliphatic carbocycles. The maximum Gasteiger partial charge on any atom is 0.254 e. The molecule has 1 aromatic carbocycles. The fraction of sp³-hybridized carbons (Fsp3) is 0.533. The third kappa shape index (κ3) is 2.56. The van der Waals surface area contributed by atoms with E-state index in [-0.39, 0.29) is 17.5 Å². The highest BCUT2D eigenvalue weighted by Crippen LogP contribution is 2.28. The Bertz CT molecular complexity index is 436. The van der Waals surface area contributed by atoms with Gasteiger partial charge in [0.1, 0.15) is 0 Å². The normalized spacial score (nSPS) is 22.9. The van der Waals surface area contributed by atoms with E-state index >= 15 is 0 Å². The smallest absolute Gasteiger partial charge is 0.254 e. The molecule has 0 bridgehead atoms. The summed E-state index contributed by atoms with van der Waals surface area (Å²) in [6.45, 7) is 6.91. The first kappa shape index (κ1) is 13.1. The molecule has 1 aromatic rings. The van der Waals surface area contributed by atoms with Crippen LogP contribution in [0.25, 0.3) is 0 Å². The van der Waals surface area contributed by atoms with Crippen molar-refractivity contribution in [2.24, 2.45) is 5.73 Å². The van der Waals surface area contributed by atoms with Crippen LogP contribution in [0.1, 0.15) is 42.6 Å². The second-order valence-corrected chi connectivity index (χ2v) is 5.89. The van der Waals surface area contributed by atoms with E-state index in [2.05, 4.69) is 13.8 Å². The van der Waals surface area contributed by atoms with Crippen LogP contribution in [0, 0.1) is 6.92 Å². The van der Waals surface area contributed by atoms with Crippen LogP contribution < -0.4 is 5.73 Å². The van der Waals surface area contributed by atoms with Gasteiger partial charge < -0.3 is 10.6 Å². The van der Waals surface area contributed by atoms with Crippen LogP contribution in [-0.4, -0.2) is 28.9 Å². The Labute approximate surface area is 109 Å². The SMILES string of the molecule is Cc1ccc(C(=O)N2CC(N)CCC2(C)C)cc1. The molecule has 3 nitrogen and oxygen atoms in total. The molecule has 0 spiro atoms. The maximum absolute atomic E-state index is 12.5. The van der Waals surface area contributed by atoms with Gasteiger partial charge >= 0.3 is 0 Å². The quantitative estimate of drug-likeness (QED) is 0.826. The van der Waals surface area contributed by atoms with Crippen LogP contribution in [0.15, 0.2) is 24.3 Å². The number of carbonyl (C=O) groups excluding carboxylic acids is 1. The summed E-state index contributed by atoms with van der Waals surface area (Å²) in [6.07, 6.45) is 1.95. The van der Waals surface area contributed by atoms with Gasteiger partial charge in [-0.25, -0.2) is 0 Å². The van der Waals surface area contributed by atoms with Crippen LogP contribution in [0.3, 0.4) is 0 Å². The summed E-state index contributed by atoms with van der Waals surface area (Å²) in [7, 11) is 0. The summed E-state index contributed by atoms with van der Waals surface area (Å²) in [5.74, 6) is 0.0927. The van der Waals surface area contributed by atoms with Crippen molar-refractivity contribution in [2.75, 3.05) is 6.54 Å². The zero-order chi connectivity index (χ0) is 13.3. The fourth-order valence-corrected chi connectivity index (χ4v) is 2.46. The summed E-state index contributed by atoms with van der Waals surface area (Å²) in [5, 5.41) is 0. The predicted molar refractivity (Wildman–Crippen MR) is 73.5 cm³/mol. The Hall–Kier alpha value is -1.35. The summed E-state index contributed by atoms with van der Waals surface area (Å²) < 4.78 is 0. The van der Waals surface area contributed by atoms with E-state index in [1.54, 1.807) is 0 Å². The van der Waals surface area contributed by atoms with Crippen molar-refractivity contribution in [3.63, 3.8) is 0 Å². The second kappa shape index (κ2) is 4.73. The average Bonchev–Trinajstić information content (AvgIpc) is 2.32. The van der Waals surface area contributed by atoms with E-state index in [1.807, 2.05) is 36.1 Å². The fourth-order valence-electron chi connectivity index (χ4n) is 2.46. The second-order valence-electron chi connectivity index (χ2n) is 5.89. The standard InChI is InChI=1S/C15H22N2O/c1-11-4-6-12(7-5-11)14(18)17-10-13(16)8-9-15(17,2)3/h4-7,13H,8-10,16H2,1-3H3. The molecule has 18 heavy (non-hydrogen) atoms. The highest BCUT2D eigenvalue weighted by molar-refractivity contribution is 5.94. The van der Waals surface area contributed by atoms with Gasteiger partial charge in [-0.05, 0) is 45.7 Å². The molecule has 1 amide bonds. The van der Waals surface area contributed by atoms with Crippen LogP contribution >= 0.6 is 0 Å². The molecule has 2 N–H and O–H groups in total. The Morgan fingerprint density at radius 3 is 2.56 bits per heavy atom. The maximum atomic E-state index is 12.5. The van der Waals surface area contributed by atoms with Crippen molar-refractivity contribution >= 4 is 5.91 Å². The van der Waals surface area contributed by atoms with Crippen LogP contribution in [0.4, 0.5) is 0 Å². The van der Waals surface area contributed by atoms with E-state index in [4.69, 9.17) is 5.73 Å². The molecule has 1 aliphatic heterocycles. The monoisotopic (exact) mass is 246 g/mol. The van der Waals surface area contributed by atoms with Gasteiger partial charge in [-0.2, -0.15) is 0 Å². The first-order valence-electron chi connectivity index (χ1n) is 6.54. The number of piperidine rings is 1. The lowest BCUT2D eigenvalue weighted by Crippen LogP contribution is -2.56. The van der Waals surface area contributed by atoms with Gasteiger partial charge in [-0.15, -0.1) is 0 Å². The number of benzene rings is 1. The molecule has 1 aliphatic rings. The van der Waals surface area contributed by atoms with Crippen molar-refractivity contribution in [1.82, 2.24) is 4.90 Å². The van der Waals surface area contributed by atoms with Crippen molar-refractivity contribution < 1.29 is 4.79 Å². The van der Waals surface area contributed by atoms with Crippen molar-refractivity contribution in [3.8, 4) is 0 Å². The van der Waals surface area contributed by atoms with E-state index in [0.717, 1.165) is 18.4 Å². The lowest BCUT2D eigenvalue weighted by Gasteiger charge is -2.44. The first-order chi connectivity index (χ1) is 8.40. The van der Waals surface area contributed by atoms with Gasteiger partial charge in [-0.3, -0.25) is 4.79 Å². The van der Waals surface area contributed by atoms with Gasteiger partial charge in [0.2, 0.25) is 0 Å². The number of amides is 1. The molecular weight excluding hydrogens is 224 g/mol. The van der Waals surface area contributed by atoms with Crippen molar-refractivity contribution in [2.45, 2.75) is 45.2 Å². The molecule has 0 radical (unpaired) electrons. The van der Waals surface area contributed by atoms with E-state index in [9.17, 15) is 4.79 Å². The summed E-state index contributed by atoms with van der Waals surface area (Å²) in [5.41, 5.74) is 7.81. The Balaban J connectivity index is 2.23. The van der Waals surface area contributed by atoms with Gasteiger partial charge in [0, 0.05) is 23.7 Å². The molecule has 1 saturated heterocycles. The van der Waals surface area contributed by atoms with E-state index in [0.29, 0.717) is 6.54 Å². The number of rotatable bonds is 1. The van der Waals surface area contributed by atoms with Gasteiger partial charge in [-0.1, -0.05) is 17.7 Å². The minimum Gasteiger partial charge on any atom is -0.332 e. The molecule has 1 heterocycles. The number of nitrogens with zero attached hydrogens (tertiary/aromatic N) is 1. The molecule has 2 rings (SSSR count). The number of hydrogen-bond donors (Lipinski definition) is 1. The third-order valence-electron chi connectivity index (χ3n) is 3.82. The third-order valence-corrected chi connectivity index (χ3v) is 3.82. The van der Waals surface area contributed by atoms with Crippen molar-refractivity contribution in [3.05, 3.63) is 35.4 Å². The number of hydrogen-bond acceptors (Lipinski definition) is 2. The predicted octanol–water partition coefficient (Wildman–Crippen LogP) is 2.34.